The predicted octanol–water partition coefficient (Wildman–Crippen LogP) is 4.30. The molecule has 0 bridgehead atoms. The summed E-state index contributed by atoms with van der Waals surface area (Å²) in [4.78, 5) is 21.7. The van der Waals surface area contributed by atoms with E-state index in [0.29, 0.717) is 11.7 Å². The molecule has 1 aromatic heterocycles. The lowest BCUT2D eigenvalue weighted by Crippen LogP contribution is -2.40. The smallest absolute Gasteiger partial charge is 0.266 e. The summed E-state index contributed by atoms with van der Waals surface area (Å²) >= 11 is 1.49. The highest BCUT2D eigenvalue weighted by Crippen LogP contribution is 2.30. The standard InChI is InChI=1S/C23H26FN3O3S.ClH/c1-17-7-8-19-21(15-17)31-23(25-19)27(10-4-9-26-11-13-29-14-12-26)22(28)16-30-20-6-3-2-5-18(20)24;/h2-3,5-8,15H,4,9-14,16H2,1H3;1H. The van der Waals surface area contributed by atoms with Gasteiger partial charge in [0.05, 0.1) is 23.4 Å². The number of halogens is 2. The number of carbonyl (C=O) groups excluding carboxylic acids is 1. The zero-order chi connectivity index (χ0) is 21.6. The first kappa shape index (κ1) is 24.4. The molecule has 1 amide bonds. The van der Waals surface area contributed by atoms with Crippen molar-refractivity contribution in [1.29, 1.82) is 0 Å². The zero-order valence-corrected chi connectivity index (χ0v) is 19.6. The number of morpholine rings is 1. The minimum Gasteiger partial charge on any atom is -0.481 e. The molecule has 1 aliphatic heterocycles. The third-order valence-corrected chi connectivity index (χ3v) is 6.25. The highest BCUT2D eigenvalue weighted by Gasteiger charge is 2.21. The quantitative estimate of drug-likeness (QED) is 0.482. The first-order valence-electron chi connectivity index (χ1n) is 10.4. The number of amides is 1. The van der Waals surface area contributed by atoms with Crippen LogP contribution in [-0.4, -0.2) is 61.8 Å². The van der Waals surface area contributed by atoms with Gasteiger partial charge >= 0.3 is 0 Å². The molecule has 1 aliphatic rings. The van der Waals surface area contributed by atoms with Gasteiger partial charge in [0, 0.05) is 26.2 Å². The lowest BCUT2D eigenvalue weighted by atomic mass is 10.2. The van der Waals surface area contributed by atoms with E-state index in [0.717, 1.165) is 55.0 Å². The number of hydrogen-bond donors (Lipinski definition) is 0. The van der Waals surface area contributed by atoms with Crippen LogP contribution in [0, 0.1) is 12.7 Å². The van der Waals surface area contributed by atoms with Crippen molar-refractivity contribution >= 4 is 45.0 Å². The molecule has 0 saturated carbocycles. The molecule has 0 spiro atoms. The number of aromatic nitrogens is 1. The summed E-state index contributed by atoms with van der Waals surface area (Å²) in [7, 11) is 0. The van der Waals surface area contributed by atoms with Crippen LogP contribution in [-0.2, 0) is 9.53 Å². The Hall–Kier alpha value is -2.26. The van der Waals surface area contributed by atoms with Gasteiger partial charge in [-0.3, -0.25) is 14.6 Å². The Morgan fingerprint density at radius 1 is 1.25 bits per heavy atom. The molecule has 1 saturated heterocycles. The fourth-order valence-electron chi connectivity index (χ4n) is 3.52. The Morgan fingerprint density at radius 2 is 2.03 bits per heavy atom. The Morgan fingerprint density at radius 3 is 2.81 bits per heavy atom. The fraction of sp³-hybridized carbons (Fsp3) is 0.391. The van der Waals surface area contributed by atoms with Crippen LogP contribution in [0.3, 0.4) is 0 Å². The summed E-state index contributed by atoms with van der Waals surface area (Å²) in [6.45, 7) is 6.50. The second-order valence-electron chi connectivity index (χ2n) is 7.54. The van der Waals surface area contributed by atoms with Crippen LogP contribution < -0.4 is 9.64 Å². The van der Waals surface area contributed by atoms with Crippen LogP contribution in [0.5, 0.6) is 5.75 Å². The molecule has 32 heavy (non-hydrogen) atoms. The molecule has 3 aromatic rings. The van der Waals surface area contributed by atoms with Gasteiger partial charge in [-0.15, -0.1) is 12.4 Å². The van der Waals surface area contributed by atoms with Crippen LogP contribution in [0.1, 0.15) is 12.0 Å². The van der Waals surface area contributed by atoms with E-state index < -0.39 is 5.82 Å². The maximum Gasteiger partial charge on any atom is 0.266 e. The van der Waals surface area contributed by atoms with E-state index in [9.17, 15) is 9.18 Å². The lowest BCUT2D eigenvalue weighted by Gasteiger charge is -2.27. The maximum atomic E-state index is 13.9. The first-order valence-corrected chi connectivity index (χ1v) is 11.3. The zero-order valence-electron chi connectivity index (χ0n) is 18.0. The number of ether oxygens (including phenoxy) is 2. The molecule has 2 aromatic carbocycles. The van der Waals surface area contributed by atoms with E-state index in [1.54, 1.807) is 17.0 Å². The highest BCUT2D eigenvalue weighted by atomic mass is 35.5. The molecule has 2 heterocycles. The van der Waals surface area contributed by atoms with Gasteiger partial charge in [-0.25, -0.2) is 9.37 Å². The molecule has 6 nitrogen and oxygen atoms in total. The third kappa shape index (κ3) is 6.16. The fourth-order valence-corrected chi connectivity index (χ4v) is 4.63. The summed E-state index contributed by atoms with van der Waals surface area (Å²) in [5.74, 6) is -0.644. The van der Waals surface area contributed by atoms with Crippen molar-refractivity contribution in [1.82, 2.24) is 9.88 Å². The predicted molar refractivity (Wildman–Crippen MR) is 128 cm³/mol. The van der Waals surface area contributed by atoms with Crippen LogP contribution >= 0.6 is 23.7 Å². The number of fused-ring (bicyclic) bond motifs is 1. The van der Waals surface area contributed by atoms with Crippen molar-refractivity contribution < 1.29 is 18.7 Å². The van der Waals surface area contributed by atoms with E-state index in [2.05, 4.69) is 16.0 Å². The van der Waals surface area contributed by atoms with E-state index in [-0.39, 0.29) is 30.7 Å². The van der Waals surface area contributed by atoms with Gasteiger partial charge in [-0.1, -0.05) is 29.5 Å². The van der Waals surface area contributed by atoms with Gasteiger partial charge in [-0.05, 0) is 43.2 Å². The minimum atomic E-state index is -0.482. The van der Waals surface area contributed by atoms with Crippen molar-refractivity contribution in [3.63, 3.8) is 0 Å². The number of thiazole rings is 1. The molecule has 0 aliphatic carbocycles. The monoisotopic (exact) mass is 479 g/mol. The summed E-state index contributed by atoms with van der Waals surface area (Å²) in [6.07, 6.45) is 0.806. The summed E-state index contributed by atoms with van der Waals surface area (Å²) in [5.41, 5.74) is 2.02. The molecular weight excluding hydrogens is 453 g/mol. The van der Waals surface area contributed by atoms with Crippen molar-refractivity contribution in [2.75, 3.05) is 50.9 Å². The summed E-state index contributed by atoms with van der Waals surface area (Å²) in [6, 6.07) is 12.2. The number of aryl methyl sites for hydroxylation is 1. The molecular formula is C23H27ClFN3O3S. The normalized spacial score (nSPS) is 14.2. The van der Waals surface area contributed by atoms with Gasteiger partial charge in [0.2, 0.25) is 0 Å². The number of hydrogen-bond acceptors (Lipinski definition) is 6. The topological polar surface area (TPSA) is 54.9 Å². The average Bonchev–Trinajstić information content (AvgIpc) is 3.19. The Balaban J connectivity index is 0.00000289. The van der Waals surface area contributed by atoms with Crippen LogP contribution in [0.25, 0.3) is 10.2 Å². The van der Waals surface area contributed by atoms with Gasteiger partial charge in [0.15, 0.2) is 23.3 Å². The number of nitrogens with zero attached hydrogens (tertiary/aromatic N) is 3. The number of benzene rings is 2. The molecule has 1 fully saturated rings. The van der Waals surface area contributed by atoms with Crippen LogP contribution in [0.2, 0.25) is 0 Å². The summed E-state index contributed by atoms with van der Waals surface area (Å²) < 4.78 is 25.8. The van der Waals surface area contributed by atoms with Gasteiger partial charge in [0.1, 0.15) is 0 Å². The molecule has 0 atom stereocenters. The van der Waals surface area contributed by atoms with Crippen molar-refractivity contribution in [2.45, 2.75) is 13.3 Å². The third-order valence-electron chi connectivity index (χ3n) is 5.21. The Kier molecular flexibility index (Phi) is 8.81. The van der Waals surface area contributed by atoms with Crippen LogP contribution in [0.4, 0.5) is 9.52 Å². The summed E-state index contributed by atoms with van der Waals surface area (Å²) in [5, 5.41) is 0.643. The SMILES string of the molecule is Cc1ccc2nc(N(CCCN3CCOCC3)C(=O)COc3ccccc3F)sc2c1.Cl. The first-order chi connectivity index (χ1) is 15.1. The van der Waals surface area contributed by atoms with Crippen molar-refractivity contribution in [2.24, 2.45) is 0 Å². The Labute approximate surface area is 197 Å². The second-order valence-corrected chi connectivity index (χ2v) is 8.55. The molecule has 0 N–H and O–H groups in total. The average molecular weight is 480 g/mol. The molecule has 0 unspecified atom stereocenters. The van der Waals surface area contributed by atoms with E-state index in [1.165, 1.54) is 23.5 Å². The van der Waals surface area contributed by atoms with E-state index in [4.69, 9.17) is 9.47 Å². The van der Waals surface area contributed by atoms with E-state index in [1.807, 2.05) is 19.1 Å². The number of carbonyl (C=O) groups is 1. The lowest BCUT2D eigenvalue weighted by molar-refractivity contribution is -0.120. The maximum absolute atomic E-state index is 13.9. The second kappa shape index (κ2) is 11.6. The highest BCUT2D eigenvalue weighted by molar-refractivity contribution is 7.22. The van der Waals surface area contributed by atoms with Crippen molar-refractivity contribution in [3.05, 3.63) is 53.8 Å². The minimum absolute atomic E-state index is 0. The van der Waals surface area contributed by atoms with Gasteiger partial charge in [-0.2, -0.15) is 0 Å². The van der Waals surface area contributed by atoms with E-state index >= 15 is 0 Å². The molecule has 0 radical (unpaired) electrons. The number of para-hydroxylation sites is 1. The van der Waals surface area contributed by atoms with Gasteiger partial charge < -0.3 is 9.47 Å². The molecule has 4 rings (SSSR count). The van der Waals surface area contributed by atoms with Crippen LogP contribution in [0.15, 0.2) is 42.5 Å². The number of anilines is 1. The van der Waals surface area contributed by atoms with Gasteiger partial charge in [0.25, 0.3) is 5.91 Å². The molecule has 172 valence electrons. The van der Waals surface area contributed by atoms with Crippen molar-refractivity contribution in [3.8, 4) is 5.75 Å². The largest absolute Gasteiger partial charge is 0.481 e. The molecule has 9 heteroatoms. The Bertz CT molecular complexity index is 1040. The number of rotatable bonds is 8.